The van der Waals surface area contributed by atoms with Crippen molar-refractivity contribution in [3.63, 3.8) is 0 Å². The van der Waals surface area contributed by atoms with Crippen LogP contribution in [0.4, 0.5) is 0 Å². The Morgan fingerprint density at radius 3 is 1.75 bits per heavy atom. The minimum Gasteiger partial charge on any atom is -0.333 e. The molecule has 0 fully saturated rings. The van der Waals surface area contributed by atoms with E-state index in [2.05, 4.69) is 0 Å². The molecule has 0 N–H and O–H groups in total. The van der Waals surface area contributed by atoms with E-state index in [0.29, 0.717) is 10.8 Å². The number of hydrogen-bond acceptors (Lipinski definition) is 1. The number of aromatic nitrogens is 1. The maximum absolute atomic E-state index is 12.2. The standard InChI is InChI=1S/C14H9NO/c1-15-12-8-4-2-6-10(12)14(16)11-7-3-5-9-13(11)15/h1-9H. The van der Waals surface area contributed by atoms with Crippen molar-refractivity contribution in [3.8, 4) is 0 Å². The van der Waals surface area contributed by atoms with Crippen molar-refractivity contribution in [2.24, 2.45) is 0 Å². The molecular formula is C14H9NO. The molecule has 2 aromatic carbocycles. The van der Waals surface area contributed by atoms with E-state index in [1.54, 1.807) is 16.7 Å². The Balaban J connectivity index is 2.73. The van der Waals surface area contributed by atoms with Crippen LogP contribution in [-0.4, -0.2) is 4.57 Å². The predicted octanol–water partition coefficient (Wildman–Crippen LogP) is 2.67. The first-order valence-electron chi connectivity index (χ1n) is 5.06. The van der Waals surface area contributed by atoms with Gasteiger partial charge >= 0.3 is 0 Å². The first-order chi connectivity index (χ1) is 7.79. The molecule has 2 radical (unpaired) electrons. The molecule has 0 unspecified atom stereocenters. The summed E-state index contributed by atoms with van der Waals surface area (Å²) in [5.74, 6) is 0. The summed E-state index contributed by atoms with van der Waals surface area (Å²) in [5, 5.41) is 1.31. The van der Waals surface area contributed by atoms with E-state index in [0.717, 1.165) is 11.0 Å². The Morgan fingerprint density at radius 2 is 1.25 bits per heavy atom. The lowest BCUT2D eigenvalue weighted by molar-refractivity contribution is 1.18. The monoisotopic (exact) mass is 207 g/mol. The van der Waals surface area contributed by atoms with Gasteiger partial charge in [0, 0.05) is 10.8 Å². The van der Waals surface area contributed by atoms with Crippen LogP contribution in [0.25, 0.3) is 21.8 Å². The zero-order valence-corrected chi connectivity index (χ0v) is 8.55. The van der Waals surface area contributed by atoms with Crippen molar-refractivity contribution < 1.29 is 0 Å². The fourth-order valence-corrected chi connectivity index (χ4v) is 2.03. The van der Waals surface area contributed by atoms with Crippen molar-refractivity contribution in [3.05, 3.63) is 65.8 Å². The molecule has 3 aromatic rings. The normalized spacial score (nSPS) is 11.1. The summed E-state index contributed by atoms with van der Waals surface area (Å²) >= 11 is 0. The van der Waals surface area contributed by atoms with E-state index < -0.39 is 0 Å². The van der Waals surface area contributed by atoms with E-state index in [4.69, 9.17) is 7.05 Å². The number of fused-ring (bicyclic) bond motifs is 2. The fourth-order valence-electron chi connectivity index (χ4n) is 2.03. The number of pyridine rings is 1. The van der Waals surface area contributed by atoms with Gasteiger partial charge in [0.2, 0.25) is 0 Å². The van der Waals surface area contributed by atoms with Gasteiger partial charge in [-0.1, -0.05) is 24.3 Å². The summed E-state index contributed by atoms with van der Waals surface area (Å²) in [7, 11) is 6.00. The number of para-hydroxylation sites is 2. The fraction of sp³-hybridized carbons (Fsp3) is 0. The van der Waals surface area contributed by atoms with Crippen LogP contribution in [0, 0.1) is 7.05 Å². The third kappa shape index (κ3) is 1.10. The zero-order valence-electron chi connectivity index (χ0n) is 8.55. The lowest BCUT2D eigenvalue weighted by Crippen LogP contribution is -2.07. The third-order valence-electron chi connectivity index (χ3n) is 2.82. The summed E-state index contributed by atoms with van der Waals surface area (Å²) in [5.41, 5.74) is 1.55. The highest BCUT2D eigenvalue weighted by Gasteiger charge is 2.06. The quantitative estimate of drug-likeness (QED) is 0.519. The van der Waals surface area contributed by atoms with Gasteiger partial charge in [-0.3, -0.25) is 4.79 Å². The van der Waals surface area contributed by atoms with Gasteiger partial charge in [-0.05, 0) is 24.3 Å². The molecule has 16 heavy (non-hydrogen) atoms. The molecule has 0 spiro atoms. The topological polar surface area (TPSA) is 22.0 Å². The van der Waals surface area contributed by atoms with Crippen LogP contribution in [0.1, 0.15) is 0 Å². The molecule has 3 rings (SSSR count). The van der Waals surface area contributed by atoms with Gasteiger partial charge in [0.15, 0.2) is 5.43 Å². The van der Waals surface area contributed by atoms with E-state index in [-0.39, 0.29) is 5.43 Å². The largest absolute Gasteiger partial charge is 0.333 e. The smallest absolute Gasteiger partial charge is 0.197 e. The van der Waals surface area contributed by atoms with Gasteiger partial charge in [-0.15, -0.1) is 0 Å². The van der Waals surface area contributed by atoms with E-state index in [9.17, 15) is 4.79 Å². The molecule has 0 aliphatic carbocycles. The van der Waals surface area contributed by atoms with Gasteiger partial charge < -0.3 is 4.57 Å². The second-order valence-electron chi connectivity index (χ2n) is 3.73. The Hall–Kier alpha value is -2.09. The second-order valence-corrected chi connectivity index (χ2v) is 3.73. The summed E-state index contributed by atoms with van der Waals surface area (Å²) < 4.78 is 1.56. The third-order valence-corrected chi connectivity index (χ3v) is 2.82. The van der Waals surface area contributed by atoms with Gasteiger partial charge in [0.05, 0.1) is 18.1 Å². The molecule has 1 heterocycles. The van der Waals surface area contributed by atoms with Crippen LogP contribution >= 0.6 is 0 Å². The van der Waals surface area contributed by atoms with E-state index in [1.165, 1.54) is 0 Å². The van der Waals surface area contributed by atoms with Gasteiger partial charge in [-0.2, -0.15) is 0 Å². The molecule has 1 aromatic heterocycles. The molecule has 0 aliphatic rings. The Bertz CT molecular complexity index is 680. The van der Waals surface area contributed by atoms with Crippen LogP contribution < -0.4 is 5.43 Å². The Kier molecular flexibility index (Phi) is 1.83. The highest BCUT2D eigenvalue weighted by molar-refractivity contribution is 5.93. The molecule has 0 saturated heterocycles. The first-order valence-corrected chi connectivity index (χ1v) is 5.06. The average molecular weight is 207 g/mol. The zero-order chi connectivity index (χ0) is 11.1. The minimum absolute atomic E-state index is 0.0351. The van der Waals surface area contributed by atoms with Crippen molar-refractivity contribution in [2.45, 2.75) is 0 Å². The van der Waals surface area contributed by atoms with Crippen molar-refractivity contribution in [1.82, 2.24) is 4.57 Å². The van der Waals surface area contributed by atoms with Crippen molar-refractivity contribution in [2.75, 3.05) is 0 Å². The maximum atomic E-state index is 12.2. The molecule has 0 atom stereocenters. The van der Waals surface area contributed by atoms with Crippen LogP contribution in [0.3, 0.4) is 0 Å². The van der Waals surface area contributed by atoms with Crippen LogP contribution in [-0.2, 0) is 0 Å². The molecule has 76 valence electrons. The minimum atomic E-state index is 0.0351. The van der Waals surface area contributed by atoms with Gasteiger partial charge in [0.25, 0.3) is 0 Å². The lowest BCUT2D eigenvalue weighted by atomic mass is 10.1. The van der Waals surface area contributed by atoms with Crippen LogP contribution in [0.5, 0.6) is 0 Å². The van der Waals surface area contributed by atoms with E-state index >= 15 is 0 Å². The van der Waals surface area contributed by atoms with Crippen molar-refractivity contribution in [1.29, 1.82) is 0 Å². The summed E-state index contributed by atoms with van der Waals surface area (Å²) in [6.07, 6.45) is 0. The Morgan fingerprint density at radius 1 is 0.812 bits per heavy atom. The van der Waals surface area contributed by atoms with Gasteiger partial charge in [0.1, 0.15) is 0 Å². The summed E-state index contributed by atoms with van der Waals surface area (Å²) in [4.78, 5) is 12.2. The summed E-state index contributed by atoms with van der Waals surface area (Å²) in [6, 6.07) is 14.7. The second kappa shape index (κ2) is 3.20. The number of hydrogen-bond donors (Lipinski definition) is 0. The molecular weight excluding hydrogens is 198 g/mol. The van der Waals surface area contributed by atoms with Crippen LogP contribution in [0.15, 0.2) is 53.3 Å². The number of nitrogens with zero attached hydrogens (tertiary/aromatic N) is 1. The SMILES string of the molecule is [CH]n1c2ccccc2c(=O)c2ccccc21. The lowest BCUT2D eigenvalue weighted by Gasteiger charge is -2.08. The highest BCUT2D eigenvalue weighted by atomic mass is 16.1. The molecule has 2 heteroatoms. The van der Waals surface area contributed by atoms with Gasteiger partial charge in [-0.25, -0.2) is 0 Å². The predicted molar refractivity (Wildman–Crippen MR) is 65.4 cm³/mol. The van der Waals surface area contributed by atoms with E-state index in [1.807, 2.05) is 36.4 Å². The van der Waals surface area contributed by atoms with Crippen molar-refractivity contribution >= 4 is 21.8 Å². The average Bonchev–Trinajstić information content (AvgIpc) is 2.36. The molecule has 0 saturated carbocycles. The number of benzene rings is 2. The maximum Gasteiger partial charge on any atom is 0.197 e. The van der Waals surface area contributed by atoms with Crippen LogP contribution in [0.2, 0.25) is 0 Å². The molecule has 0 amide bonds. The highest BCUT2D eigenvalue weighted by Crippen LogP contribution is 2.17. The number of rotatable bonds is 0. The molecule has 0 aliphatic heterocycles. The Labute approximate surface area is 92.8 Å². The summed E-state index contributed by atoms with van der Waals surface area (Å²) in [6.45, 7) is 0. The molecule has 0 bridgehead atoms. The first kappa shape index (κ1) is 9.16. The molecule has 2 nitrogen and oxygen atoms in total.